The number of nitro benzene ring substituents is 1. The number of benzene rings is 1. The molecule has 0 saturated heterocycles. The summed E-state index contributed by atoms with van der Waals surface area (Å²) in [5.41, 5.74) is 1.04. The molecule has 3 rings (SSSR count). The van der Waals surface area contributed by atoms with Crippen LogP contribution in [0.1, 0.15) is 27.3 Å². The van der Waals surface area contributed by atoms with Crippen molar-refractivity contribution in [2.45, 2.75) is 19.3 Å². The van der Waals surface area contributed by atoms with E-state index in [0.29, 0.717) is 5.13 Å². The van der Waals surface area contributed by atoms with Gasteiger partial charge in [-0.3, -0.25) is 10.1 Å². The number of rotatable bonds is 4. The molecule has 2 aromatic rings. The number of fused-ring (bicyclic) bond motifs is 1. The Labute approximate surface area is 123 Å². The summed E-state index contributed by atoms with van der Waals surface area (Å²) in [5, 5.41) is 23.5. The fourth-order valence-corrected chi connectivity index (χ4v) is 3.36. The van der Waals surface area contributed by atoms with Crippen LogP contribution in [0.4, 0.5) is 16.5 Å². The molecule has 0 spiro atoms. The number of hydrogen-bond acceptors (Lipinski definition) is 6. The van der Waals surface area contributed by atoms with Crippen LogP contribution in [0.25, 0.3) is 0 Å². The van der Waals surface area contributed by atoms with E-state index in [0.717, 1.165) is 25.0 Å². The van der Waals surface area contributed by atoms with E-state index in [1.54, 1.807) is 0 Å². The fourth-order valence-electron chi connectivity index (χ4n) is 2.29. The van der Waals surface area contributed by atoms with Crippen molar-refractivity contribution in [3.63, 3.8) is 0 Å². The maximum Gasteiger partial charge on any atom is 0.337 e. The van der Waals surface area contributed by atoms with Crippen molar-refractivity contribution in [2.24, 2.45) is 0 Å². The predicted octanol–water partition coefficient (Wildman–Crippen LogP) is 2.98. The second kappa shape index (κ2) is 5.13. The maximum absolute atomic E-state index is 11.2. The Bertz CT molecular complexity index is 720. The van der Waals surface area contributed by atoms with E-state index in [1.165, 1.54) is 34.4 Å². The van der Waals surface area contributed by atoms with Crippen LogP contribution in [0.15, 0.2) is 18.2 Å². The SMILES string of the molecule is O=C(O)c1ccc([N+](=O)[O-])cc1Nc1nc2c(s1)CCC2. The zero-order valence-corrected chi connectivity index (χ0v) is 11.6. The standard InChI is InChI=1S/C13H11N3O4S/c17-12(18)8-5-4-7(16(19)20)6-10(8)15-13-14-9-2-1-3-11(9)21-13/h4-6H,1-3H2,(H,14,15)(H,17,18). The van der Waals surface area contributed by atoms with Gasteiger partial charge in [-0.2, -0.15) is 0 Å². The van der Waals surface area contributed by atoms with Gasteiger partial charge in [0.15, 0.2) is 5.13 Å². The molecule has 8 heteroatoms. The highest BCUT2D eigenvalue weighted by Crippen LogP contribution is 2.33. The second-order valence-electron chi connectivity index (χ2n) is 4.66. The van der Waals surface area contributed by atoms with Crippen molar-refractivity contribution in [1.29, 1.82) is 0 Å². The van der Waals surface area contributed by atoms with E-state index in [-0.39, 0.29) is 16.9 Å². The van der Waals surface area contributed by atoms with Crippen LogP contribution in [0.2, 0.25) is 0 Å². The van der Waals surface area contributed by atoms with E-state index in [4.69, 9.17) is 5.11 Å². The number of carboxylic acid groups (broad SMARTS) is 1. The zero-order valence-electron chi connectivity index (χ0n) is 10.8. The van der Waals surface area contributed by atoms with E-state index in [2.05, 4.69) is 10.3 Å². The van der Waals surface area contributed by atoms with Crippen LogP contribution in [0, 0.1) is 10.1 Å². The minimum absolute atomic E-state index is 0.0176. The van der Waals surface area contributed by atoms with Crippen LogP contribution in [0.3, 0.4) is 0 Å². The third-order valence-corrected chi connectivity index (χ3v) is 4.35. The summed E-state index contributed by atoms with van der Waals surface area (Å²) < 4.78 is 0. The number of carboxylic acids is 1. The van der Waals surface area contributed by atoms with Crippen LogP contribution in [-0.4, -0.2) is 21.0 Å². The van der Waals surface area contributed by atoms with Gasteiger partial charge < -0.3 is 10.4 Å². The Morgan fingerprint density at radius 2 is 2.24 bits per heavy atom. The van der Waals surface area contributed by atoms with E-state index < -0.39 is 10.9 Å². The highest BCUT2D eigenvalue weighted by atomic mass is 32.1. The van der Waals surface area contributed by atoms with Crippen LogP contribution < -0.4 is 5.32 Å². The Morgan fingerprint density at radius 1 is 1.43 bits per heavy atom. The summed E-state index contributed by atoms with van der Waals surface area (Å²) in [4.78, 5) is 27.1. The monoisotopic (exact) mass is 305 g/mol. The second-order valence-corrected chi connectivity index (χ2v) is 5.74. The average Bonchev–Trinajstić information content (AvgIpc) is 2.99. The average molecular weight is 305 g/mol. The first-order chi connectivity index (χ1) is 10.0. The molecule has 2 N–H and O–H groups in total. The molecule has 108 valence electrons. The zero-order chi connectivity index (χ0) is 15.0. The molecular weight excluding hydrogens is 294 g/mol. The molecular formula is C13H11N3O4S. The normalized spacial score (nSPS) is 13.0. The smallest absolute Gasteiger partial charge is 0.337 e. The number of aromatic nitrogens is 1. The highest BCUT2D eigenvalue weighted by molar-refractivity contribution is 7.15. The summed E-state index contributed by atoms with van der Waals surface area (Å²) in [6.07, 6.45) is 3.00. The highest BCUT2D eigenvalue weighted by Gasteiger charge is 2.20. The van der Waals surface area contributed by atoms with Crippen LogP contribution in [-0.2, 0) is 12.8 Å². The van der Waals surface area contributed by atoms with Gasteiger partial charge in [-0.25, -0.2) is 9.78 Å². The fraction of sp³-hybridized carbons (Fsp3) is 0.231. The first-order valence-corrected chi connectivity index (χ1v) is 7.13. The van der Waals surface area contributed by atoms with Crippen molar-refractivity contribution in [2.75, 3.05) is 5.32 Å². The summed E-state index contributed by atoms with van der Waals surface area (Å²) >= 11 is 1.47. The summed E-state index contributed by atoms with van der Waals surface area (Å²) in [5.74, 6) is -1.14. The first-order valence-electron chi connectivity index (χ1n) is 6.32. The molecule has 1 aliphatic rings. The Balaban J connectivity index is 1.96. The van der Waals surface area contributed by atoms with Gasteiger partial charge in [0.1, 0.15) is 0 Å². The van der Waals surface area contributed by atoms with E-state index in [1.807, 2.05) is 0 Å². The Kier molecular flexibility index (Phi) is 3.30. The first kappa shape index (κ1) is 13.5. The molecule has 1 aromatic carbocycles. The van der Waals surface area contributed by atoms with Gasteiger partial charge in [-0.15, -0.1) is 11.3 Å². The van der Waals surface area contributed by atoms with Gasteiger partial charge in [0.2, 0.25) is 0 Å². The molecule has 0 fully saturated rings. The third kappa shape index (κ3) is 2.57. The van der Waals surface area contributed by atoms with Gasteiger partial charge in [-0.05, 0) is 25.3 Å². The number of thiazole rings is 1. The van der Waals surface area contributed by atoms with Gasteiger partial charge in [0, 0.05) is 17.0 Å². The molecule has 1 aromatic heterocycles. The summed E-state index contributed by atoms with van der Waals surface area (Å²) in [7, 11) is 0. The Morgan fingerprint density at radius 3 is 2.90 bits per heavy atom. The molecule has 1 heterocycles. The van der Waals surface area contributed by atoms with E-state index in [9.17, 15) is 14.9 Å². The largest absolute Gasteiger partial charge is 0.478 e. The van der Waals surface area contributed by atoms with E-state index >= 15 is 0 Å². The predicted molar refractivity (Wildman–Crippen MR) is 77.5 cm³/mol. The Hall–Kier alpha value is -2.48. The molecule has 0 unspecified atom stereocenters. The lowest BCUT2D eigenvalue weighted by atomic mass is 10.1. The van der Waals surface area contributed by atoms with Crippen molar-refractivity contribution in [3.8, 4) is 0 Å². The lowest BCUT2D eigenvalue weighted by Gasteiger charge is -2.06. The number of nitro groups is 1. The number of anilines is 2. The molecule has 7 nitrogen and oxygen atoms in total. The summed E-state index contributed by atoms with van der Waals surface area (Å²) in [6.45, 7) is 0. The molecule has 0 bridgehead atoms. The number of aromatic carboxylic acids is 1. The van der Waals surface area contributed by atoms with Crippen molar-refractivity contribution in [3.05, 3.63) is 44.4 Å². The van der Waals surface area contributed by atoms with Crippen molar-refractivity contribution >= 4 is 33.8 Å². The van der Waals surface area contributed by atoms with Crippen LogP contribution in [0.5, 0.6) is 0 Å². The molecule has 0 amide bonds. The molecule has 21 heavy (non-hydrogen) atoms. The maximum atomic E-state index is 11.2. The topological polar surface area (TPSA) is 105 Å². The number of nitrogens with one attached hydrogen (secondary N) is 1. The number of aryl methyl sites for hydroxylation is 2. The van der Waals surface area contributed by atoms with Gasteiger partial charge in [0.25, 0.3) is 5.69 Å². The van der Waals surface area contributed by atoms with Crippen LogP contribution >= 0.6 is 11.3 Å². The van der Waals surface area contributed by atoms with Gasteiger partial charge in [-0.1, -0.05) is 0 Å². The third-order valence-electron chi connectivity index (χ3n) is 3.28. The molecule has 0 radical (unpaired) electrons. The number of non-ortho nitro benzene ring substituents is 1. The quantitative estimate of drug-likeness (QED) is 0.664. The van der Waals surface area contributed by atoms with Gasteiger partial charge >= 0.3 is 5.97 Å². The molecule has 0 aliphatic heterocycles. The number of carbonyl (C=O) groups is 1. The number of hydrogen-bond donors (Lipinski definition) is 2. The van der Waals surface area contributed by atoms with Gasteiger partial charge in [0.05, 0.1) is 21.9 Å². The molecule has 1 aliphatic carbocycles. The molecule has 0 atom stereocenters. The van der Waals surface area contributed by atoms with Crippen molar-refractivity contribution < 1.29 is 14.8 Å². The molecule has 0 saturated carbocycles. The minimum atomic E-state index is -1.14. The lowest BCUT2D eigenvalue weighted by Crippen LogP contribution is -2.03. The number of nitrogens with zero attached hydrogens (tertiary/aromatic N) is 2. The minimum Gasteiger partial charge on any atom is -0.478 e. The summed E-state index contributed by atoms with van der Waals surface area (Å²) in [6, 6.07) is 3.62. The lowest BCUT2D eigenvalue weighted by molar-refractivity contribution is -0.384. The van der Waals surface area contributed by atoms with Crippen molar-refractivity contribution in [1.82, 2.24) is 4.98 Å².